The molecule has 0 bridgehead atoms. The Morgan fingerprint density at radius 2 is 1.19 bits per heavy atom. The van der Waals surface area contributed by atoms with Crippen LogP contribution in [0.1, 0.15) is 103 Å². The second kappa shape index (κ2) is 23.8. The zero-order valence-electron chi connectivity index (χ0n) is 39.5. The molecular formula is C55H59N3O10. The van der Waals surface area contributed by atoms with Crippen molar-refractivity contribution in [1.82, 2.24) is 5.32 Å². The number of para-hydroxylation sites is 2. The van der Waals surface area contributed by atoms with E-state index in [1.807, 2.05) is 82.3 Å². The van der Waals surface area contributed by atoms with Crippen molar-refractivity contribution < 1.29 is 37.5 Å². The highest BCUT2D eigenvalue weighted by Crippen LogP contribution is 2.37. The first kappa shape index (κ1) is 49.9. The smallest absolute Gasteiger partial charge is 0.336 e. The summed E-state index contributed by atoms with van der Waals surface area (Å²) in [4.78, 5) is 79.6. The molecule has 2 aliphatic rings. The molecule has 8 rings (SSSR count). The predicted molar refractivity (Wildman–Crippen MR) is 266 cm³/mol. The maximum atomic E-state index is 14.0. The van der Waals surface area contributed by atoms with Gasteiger partial charge in [-0.15, -0.1) is 0 Å². The van der Waals surface area contributed by atoms with Crippen molar-refractivity contribution in [2.45, 2.75) is 86.0 Å². The van der Waals surface area contributed by atoms with E-state index in [0.717, 1.165) is 83.6 Å². The van der Waals surface area contributed by atoms with Gasteiger partial charge in [0.2, 0.25) is 5.91 Å². The van der Waals surface area contributed by atoms with Crippen LogP contribution in [-0.2, 0) is 35.3 Å². The van der Waals surface area contributed by atoms with Crippen molar-refractivity contribution in [3.8, 4) is 11.5 Å². The second-order valence-corrected chi connectivity index (χ2v) is 16.0. The minimum atomic E-state index is -0.695. The third-order valence-electron chi connectivity index (χ3n) is 11.5. The summed E-state index contributed by atoms with van der Waals surface area (Å²) in [6, 6.07) is 25.4. The number of carbonyl (C=O) groups excluding carboxylic acids is 4. The lowest BCUT2D eigenvalue weighted by Gasteiger charge is -2.30. The normalized spacial score (nSPS) is 12.8. The predicted octanol–water partition coefficient (Wildman–Crippen LogP) is 9.87. The van der Waals surface area contributed by atoms with Crippen molar-refractivity contribution in [1.29, 1.82) is 0 Å². The van der Waals surface area contributed by atoms with Crippen molar-refractivity contribution >= 4 is 57.0 Å². The Morgan fingerprint density at radius 1 is 0.706 bits per heavy atom. The Bertz CT molecular complexity index is 2970. The van der Waals surface area contributed by atoms with Crippen molar-refractivity contribution in [2.24, 2.45) is 0 Å². The van der Waals surface area contributed by atoms with Crippen LogP contribution in [0, 0.1) is 0 Å². The fourth-order valence-electron chi connectivity index (χ4n) is 8.56. The number of nitrogens with one attached hydrogen (secondary N) is 1. The lowest BCUT2D eigenvalue weighted by molar-refractivity contribution is -0.129. The summed E-state index contributed by atoms with van der Waals surface area (Å²) in [5, 5.41) is 4.12. The molecule has 68 heavy (non-hydrogen) atoms. The fourth-order valence-corrected chi connectivity index (χ4v) is 8.56. The number of rotatable bonds is 13. The number of benzene rings is 4. The molecule has 4 heterocycles. The van der Waals surface area contributed by atoms with Gasteiger partial charge in [-0.05, 0) is 110 Å². The summed E-state index contributed by atoms with van der Waals surface area (Å²) < 4.78 is 22.5. The lowest BCUT2D eigenvalue weighted by atomic mass is 9.98. The number of nitrogens with zero attached hydrogens (tertiary/aromatic N) is 2. The molecule has 0 spiro atoms. The van der Waals surface area contributed by atoms with E-state index in [0.29, 0.717) is 37.1 Å². The van der Waals surface area contributed by atoms with E-state index in [1.165, 1.54) is 18.2 Å². The molecule has 0 unspecified atom stereocenters. The van der Waals surface area contributed by atoms with Gasteiger partial charge in [0.1, 0.15) is 29.2 Å². The third-order valence-corrected chi connectivity index (χ3v) is 11.5. The summed E-state index contributed by atoms with van der Waals surface area (Å²) in [6.07, 6.45) is 10.6. The molecule has 13 nitrogen and oxygen atoms in total. The largest absolute Gasteiger partial charge is 0.491 e. The van der Waals surface area contributed by atoms with Crippen LogP contribution >= 0.6 is 0 Å². The van der Waals surface area contributed by atoms with Gasteiger partial charge in [-0.2, -0.15) is 0 Å². The SMILES string of the molecule is C/C=C/C(=O)NCCOc1ccc2c(CCC)cc(=O)oc2c1C(=O)N1CCCc2ccccc21.C=CC(=O)Oc1ccc2c(CCC)cc(=O)oc2c1C(=O)N1CCCc2ccccc21.CC. The van der Waals surface area contributed by atoms with Gasteiger partial charge in [-0.3, -0.25) is 14.4 Å². The Hall–Kier alpha value is -7.54. The number of aryl methyl sites for hydroxylation is 4. The number of ether oxygens (including phenoxy) is 2. The first-order valence-electron chi connectivity index (χ1n) is 23.4. The molecule has 13 heteroatoms. The molecule has 1 N–H and O–H groups in total. The summed E-state index contributed by atoms with van der Waals surface area (Å²) in [5.41, 5.74) is 5.12. The molecule has 6 aromatic rings. The van der Waals surface area contributed by atoms with Gasteiger partial charge in [0.05, 0.1) is 6.54 Å². The van der Waals surface area contributed by atoms with Crippen LogP contribution in [0.15, 0.2) is 128 Å². The Morgan fingerprint density at radius 3 is 1.68 bits per heavy atom. The van der Waals surface area contributed by atoms with Gasteiger partial charge in [-0.1, -0.05) is 89.6 Å². The number of carbonyl (C=O) groups is 4. The molecule has 0 saturated heterocycles. The van der Waals surface area contributed by atoms with E-state index >= 15 is 0 Å². The van der Waals surface area contributed by atoms with Crippen LogP contribution in [0.4, 0.5) is 11.4 Å². The molecule has 0 aliphatic carbocycles. The molecule has 2 aromatic heterocycles. The molecule has 354 valence electrons. The number of anilines is 2. The molecule has 3 amide bonds. The molecule has 4 aromatic carbocycles. The highest BCUT2D eigenvalue weighted by molar-refractivity contribution is 6.16. The van der Waals surface area contributed by atoms with Crippen LogP contribution in [0.3, 0.4) is 0 Å². The zero-order chi connectivity index (χ0) is 48.7. The summed E-state index contributed by atoms with van der Waals surface area (Å²) >= 11 is 0. The number of hydrogen-bond donors (Lipinski definition) is 1. The van der Waals surface area contributed by atoms with Crippen LogP contribution in [0.25, 0.3) is 21.9 Å². The molecular weight excluding hydrogens is 863 g/mol. The monoisotopic (exact) mass is 921 g/mol. The van der Waals surface area contributed by atoms with E-state index in [9.17, 15) is 28.8 Å². The minimum absolute atomic E-state index is 0.0438. The van der Waals surface area contributed by atoms with Gasteiger partial charge in [-0.25, -0.2) is 14.4 Å². The van der Waals surface area contributed by atoms with Gasteiger partial charge < -0.3 is 33.4 Å². The van der Waals surface area contributed by atoms with E-state index in [1.54, 1.807) is 41.0 Å². The molecule has 0 radical (unpaired) electrons. The average molecular weight is 922 g/mol. The summed E-state index contributed by atoms with van der Waals surface area (Å²) in [5.74, 6) is -1.19. The number of esters is 1. The van der Waals surface area contributed by atoms with E-state index in [-0.39, 0.29) is 58.9 Å². The van der Waals surface area contributed by atoms with Gasteiger partial charge >= 0.3 is 17.2 Å². The lowest BCUT2D eigenvalue weighted by Crippen LogP contribution is -2.36. The van der Waals surface area contributed by atoms with Crippen LogP contribution in [-0.4, -0.2) is 49.9 Å². The van der Waals surface area contributed by atoms with Gasteiger partial charge in [0.15, 0.2) is 11.2 Å². The number of fused-ring (bicyclic) bond motifs is 4. The third kappa shape index (κ3) is 11.3. The topological polar surface area (TPSA) is 166 Å². The molecule has 0 fully saturated rings. The molecule has 0 atom stereocenters. The number of hydrogen-bond acceptors (Lipinski definition) is 10. The first-order valence-corrected chi connectivity index (χ1v) is 23.4. The minimum Gasteiger partial charge on any atom is -0.491 e. The maximum absolute atomic E-state index is 14.0. The summed E-state index contributed by atoms with van der Waals surface area (Å²) in [6.45, 7) is 14.7. The van der Waals surface area contributed by atoms with Gasteiger partial charge in [0, 0.05) is 53.4 Å². The Labute approximate surface area is 396 Å². The Kier molecular flexibility index (Phi) is 17.4. The van der Waals surface area contributed by atoms with Crippen LogP contribution in [0.5, 0.6) is 11.5 Å². The highest BCUT2D eigenvalue weighted by Gasteiger charge is 2.31. The number of amides is 3. The second-order valence-electron chi connectivity index (χ2n) is 16.0. The fraction of sp³-hybridized carbons (Fsp3) is 0.309. The zero-order valence-corrected chi connectivity index (χ0v) is 39.5. The number of allylic oxidation sites excluding steroid dienone is 1. The van der Waals surface area contributed by atoms with Gasteiger partial charge in [0.25, 0.3) is 11.8 Å². The quantitative estimate of drug-likeness (QED) is 0.0388. The van der Waals surface area contributed by atoms with E-state index < -0.39 is 17.2 Å². The average Bonchev–Trinajstić information content (AvgIpc) is 3.35. The van der Waals surface area contributed by atoms with Crippen LogP contribution < -0.4 is 35.8 Å². The van der Waals surface area contributed by atoms with Crippen molar-refractivity contribution in [3.05, 3.63) is 164 Å². The summed E-state index contributed by atoms with van der Waals surface area (Å²) in [7, 11) is 0. The maximum Gasteiger partial charge on any atom is 0.336 e. The van der Waals surface area contributed by atoms with E-state index in [4.69, 9.17) is 18.3 Å². The highest BCUT2D eigenvalue weighted by atomic mass is 16.5. The van der Waals surface area contributed by atoms with Crippen molar-refractivity contribution in [2.75, 3.05) is 36.0 Å². The molecule has 0 saturated carbocycles. The Balaban J connectivity index is 0.000000217. The standard InChI is InChI=1S/C28H30N2O5.C25H23NO5.C2H6/c1-3-8-20-18-25(32)35-27-21(20)13-14-23(34-17-15-29-24(31)9-4-2)26(27)28(33)30-16-7-11-19-10-5-6-12-22(19)30;1-3-8-17-15-22(28)31-24-18(17)12-13-20(30-21(27)4-2)23(24)25(29)26-14-7-10-16-9-5-6-11-19(16)26;1-2/h4-6,9-10,12-14,18H,3,7-8,11,15-17H2,1-2H3,(H,29,31);4-6,9,11-13,15H,2-3,7-8,10,14H2,1H3;1-2H3/b9-4+;;. The first-order chi connectivity index (χ1) is 33.1. The van der Waals surface area contributed by atoms with Crippen LogP contribution in [0.2, 0.25) is 0 Å². The molecule has 2 aliphatic heterocycles. The van der Waals surface area contributed by atoms with E-state index in [2.05, 4.69) is 11.9 Å². The van der Waals surface area contributed by atoms with Crippen molar-refractivity contribution in [3.63, 3.8) is 0 Å².